The van der Waals surface area contributed by atoms with Crippen molar-refractivity contribution in [1.82, 2.24) is 10.2 Å². The quantitative estimate of drug-likeness (QED) is 0.258. The minimum Gasteiger partial charge on any atom is -0.354 e. The van der Waals surface area contributed by atoms with Gasteiger partial charge in [-0.3, -0.25) is 13.9 Å². The molecule has 0 radical (unpaired) electrons. The Labute approximate surface area is 246 Å². The Hall–Kier alpha value is -3.17. The molecule has 0 aliphatic rings. The van der Waals surface area contributed by atoms with E-state index in [4.69, 9.17) is 0 Å². The van der Waals surface area contributed by atoms with Crippen LogP contribution in [0.1, 0.15) is 42.0 Å². The predicted octanol–water partition coefficient (Wildman–Crippen LogP) is 5.39. The summed E-state index contributed by atoms with van der Waals surface area (Å²) in [6.45, 7) is 6.00. The van der Waals surface area contributed by atoms with Crippen LogP contribution in [-0.4, -0.2) is 50.5 Å². The average Bonchev–Trinajstić information content (AvgIpc) is 2.91. The van der Waals surface area contributed by atoms with Crippen LogP contribution in [0.3, 0.4) is 0 Å². The van der Waals surface area contributed by atoms with Crippen LogP contribution in [-0.2, 0) is 32.6 Å². The summed E-state index contributed by atoms with van der Waals surface area (Å²) in [5.74, 6) is -0.726. The summed E-state index contributed by atoms with van der Waals surface area (Å²) in [4.78, 5) is 29.3. The van der Waals surface area contributed by atoms with Crippen molar-refractivity contribution in [3.05, 3.63) is 99.5 Å². The van der Waals surface area contributed by atoms with E-state index in [1.54, 1.807) is 12.1 Å². The maximum atomic E-state index is 14.2. The lowest BCUT2D eigenvalue weighted by Crippen LogP contribution is -2.53. The topological polar surface area (TPSA) is 86.8 Å². The number of amides is 2. The Balaban J connectivity index is 2.06. The van der Waals surface area contributed by atoms with Crippen molar-refractivity contribution >= 4 is 43.5 Å². The number of benzene rings is 3. The maximum Gasteiger partial charge on any atom is 0.244 e. The van der Waals surface area contributed by atoms with Gasteiger partial charge in [0.25, 0.3) is 0 Å². The van der Waals surface area contributed by atoms with Gasteiger partial charge in [-0.05, 0) is 60.7 Å². The fraction of sp³-hybridized carbons (Fsp3) is 0.355. The number of unbranched alkanes of at least 4 members (excludes halogenated alkanes) is 1. The maximum absolute atomic E-state index is 14.2. The summed E-state index contributed by atoms with van der Waals surface area (Å²) in [7, 11) is -3.81. The monoisotopic (exact) mass is 627 g/mol. The van der Waals surface area contributed by atoms with Crippen LogP contribution in [0, 0.1) is 13.8 Å². The largest absolute Gasteiger partial charge is 0.354 e. The average molecular weight is 629 g/mol. The number of aryl methyl sites for hydroxylation is 1. The van der Waals surface area contributed by atoms with Gasteiger partial charge in [-0.25, -0.2) is 8.42 Å². The summed E-state index contributed by atoms with van der Waals surface area (Å²) in [6.07, 6.45) is 3.13. The fourth-order valence-corrected chi connectivity index (χ4v) is 5.84. The van der Waals surface area contributed by atoms with Gasteiger partial charge < -0.3 is 10.2 Å². The molecule has 1 unspecified atom stereocenters. The van der Waals surface area contributed by atoms with Gasteiger partial charge in [0, 0.05) is 24.0 Å². The molecule has 0 saturated carbocycles. The van der Waals surface area contributed by atoms with Gasteiger partial charge in [0.2, 0.25) is 21.8 Å². The Morgan fingerprint density at radius 3 is 2.27 bits per heavy atom. The highest BCUT2D eigenvalue weighted by molar-refractivity contribution is 9.10. The van der Waals surface area contributed by atoms with Crippen molar-refractivity contribution in [2.75, 3.05) is 23.7 Å². The molecule has 40 heavy (non-hydrogen) atoms. The summed E-state index contributed by atoms with van der Waals surface area (Å²) >= 11 is 3.49. The molecule has 2 amide bonds. The first kappa shape index (κ1) is 31.4. The zero-order valence-corrected chi connectivity index (χ0v) is 26.0. The van der Waals surface area contributed by atoms with Crippen LogP contribution in [0.25, 0.3) is 0 Å². The Kier molecular flexibility index (Phi) is 11.3. The zero-order valence-electron chi connectivity index (χ0n) is 23.6. The van der Waals surface area contributed by atoms with Crippen molar-refractivity contribution in [3.8, 4) is 0 Å². The van der Waals surface area contributed by atoms with Gasteiger partial charge in [0.05, 0.1) is 11.9 Å². The van der Waals surface area contributed by atoms with Gasteiger partial charge in [0.1, 0.15) is 12.6 Å². The van der Waals surface area contributed by atoms with E-state index >= 15 is 0 Å². The summed E-state index contributed by atoms with van der Waals surface area (Å²) < 4.78 is 28.0. The van der Waals surface area contributed by atoms with E-state index in [1.165, 1.54) is 4.90 Å². The first-order valence-electron chi connectivity index (χ1n) is 13.4. The van der Waals surface area contributed by atoms with Gasteiger partial charge >= 0.3 is 0 Å². The first-order valence-corrected chi connectivity index (χ1v) is 16.0. The molecule has 214 valence electrons. The van der Waals surface area contributed by atoms with Crippen molar-refractivity contribution in [1.29, 1.82) is 0 Å². The third-order valence-corrected chi connectivity index (χ3v) is 8.49. The molecule has 3 aromatic carbocycles. The van der Waals surface area contributed by atoms with Gasteiger partial charge in [-0.15, -0.1) is 0 Å². The van der Waals surface area contributed by atoms with Gasteiger partial charge in [-0.1, -0.05) is 83.9 Å². The molecule has 0 heterocycles. The second-order valence-corrected chi connectivity index (χ2v) is 12.8. The molecule has 3 aromatic rings. The van der Waals surface area contributed by atoms with Crippen molar-refractivity contribution in [3.63, 3.8) is 0 Å². The molecule has 0 spiro atoms. The second-order valence-electron chi connectivity index (χ2n) is 9.99. The van der Waals surface area contributed by atoms with E-state index in [2.05, 4.69) is 21.2 Å². The molecule has 1 N–H and O–H groups in total. The third kappa shape index (κ3) is 8.66. The third-order valence-electron chi connectivity index (χ3n) is 6.87. The lowest BCUT2D eigenvalue weighted by atomic mass is 10.0. The van der Waals surface area contributed by atoms with Gasteiger partial charge in [-0.2, -0.15) is 0 Å². The van der Waals surface area contributed by atoms with Gasteiger partial charge in [0.15, 0.2) is 0 Å². The molecule has 0 aromatic heterocycles. The highest BCUT2D eigenvalue weighted by Crippen LogP contribution is 2.26. The SMILES string of the molecule is CCCCNC(=O)C(Cc1ccccc1)N(Cc1cccc(Br)c1)C(=O)CN(c1cccc(C)c1C)S(C)(=O)=O. The van der Waals surface area contributed by atoms with Crippen LogP contribution in [0.5, 0.6) is 0 Å². The Morgan fingerprint density at radius 1 is 0.950 bits per heavy atom. The van der Waals surface area contributed by atoms with E-state index in [9.17, 15) is 18.0 Å². The van der Waals surface area contributed by atoms with E-state index < -0.39 is 28.5 Å². The number of carbonyl (C=O) groups excluding carboxylic acids is 2. The zero-order chi connectivity index (χ0) is 29.3. The Bertz CT molecular complexity index is 1410. The standard InChI is InChI=1S/C31H38BrN3O4S/c1-5-6-18-33-31(37)29(20-25-13-8-7-9-14-25)34(21-26-15-11-16-27(32)19-26)30(36)22-35(40(4,38)39)28-17-10-12-23(2)24(28)3/h7-17,19,29H,5-6,18,20-22H2,1-4H3,(H,33,37). The van der Waals surface area contributed by atoms with E-state index in [0.29, 0.717) is 18.7 Å². The van der Waals surface area contributed by atoms with Crippen molar-refractivity contribution in [2.24, 2.45) is 0 Å². The second kappa shape index (κ2) is 14.5. The van der Waals surface area contributed by atoms with E-state index in [-0.39, 0.29) is 12.5 Å². The van der Waals surface area contributed by atoms with Crippen molar-refractivity contribution in [2.45, 2.75) is 52.6 Å². The summed E-state index contributed by atoms with van der Waals surface area (Å²) in [5.41, 5.74) is 3.86. The fourth-order valence-electron chi connectivity index (χ4n) is 4.49. The number of carbonyl (C=O) groups is 2. The lowest BCUT2D eigenvalue weighted by Gasteiger charge is -2.34. The summed E-state index contributed by atoms with van der Waals surface area (Å²) in [6, 6.07) is 21.6. The molecule has 7 nitrogen and oxygen atoms in total. The number of rotatable bonds is 13. The molecule has 0 bridgehead atoms. The molecule has 0 saturated heterocycles. The first-order chi connectivity index (χ1) is 19.0. The van der Waals surface area contributed by atoms with Crippen LogP contribution in [0.2, 0.25) is 0 Å². The molecule has 0 aliphatic carbocycles. The molecule has 1 atom stereocenters. The normalized spacial score (nSPS) is 12.0. The molecule has 0 aliphatic heterocycles. The minimum atomic E-state index is -3.81. The highest BCUT2D eigenvalue weighted by Gasteiger charge is 2.33. The lowest BCUT2D eigenvalue weighted by molar-refractivity contribution is -0.140. The molecular weight excluding hydrogens is 590 g/mol. The van der Waals surface area contributed by atoms with Crippen LogP contribution >= 0.6 is 15.9 Å². The van der Waals surface area contributed by atoms with Crippen LogP contribution in [0.15, 0.2) is 77.3 Å². The summed E-state index contributed by atoms with van der Waals surface area (Å²) in [5, 5.41) is 2.99. The number of anilines is 1. The van der Waals surface area contributed by atoms with Crippen LogP contribution in [0.4, 0.5) is 5.69 Å². The smallest absolute Gasteiger partial charge is 0.244 e. The van der Waals surface area contributed by atoms with Crippen LogP contribution < -0.4 is 9.62 Å². The number of sulfonamides is 1. The molecule has 0 fully saturated rings. The van der Waals surface area contributed by atoms with Crippen molar-refractivity contribution < 1.29 is 18.0 Å². The minimum absolute atomic E-state index is 0.140. The van der Waals surface area contributed by atoms with E-state index in [0.717, 1.165) is 50.1 Å². The number of hydrogen-bond donors (Lipinski definition) is 1. The highest BCUT2D eigenvalue weighted by atomic mass is 79.9. The predicted molar refractivity (Wildman–Crippen MR) is 165 cm³/mol. The number of hydrogen-bond acceptors (Lipinski definition) is 4. The Morgan fingerprint density at radius 2 is 1.62 bits per heavy atom. The van der Waals surface area contributed by atoms with E-state index in [1.807, 2.05) is 81.4 Å². The number of nitrogens with one attached hydrogen (secondary N) is 1. The molecule has 9 heteroatoms. The molecule has 3 rings (SSSR count). The molecular formula is C31H38BrN3O4S. The number of halogens is 1. The number of nitrogens with zero attached hydrogens (tertiary/aromatic N) is 2.